The fourth-order valence-electron chi connectivity index (χ4n) is 2.33. The van der Waals surface area contributed by atoms with Crippen LogP contribution in [0.25, 0.3) is 0 Å². The highest BCUT2D eigenvalue weighted by Crippen LogP contribution is 2.23. The molecule has 2 rings (SSSR count). The monoisotopic (exact) mass is 337 g/mol. The molecule has 0 aliphatic carbocycles. The molecule has 0 fully saturated rings. The summed E-state index contributed by atoms with van der Waals surface area (Å²) in [5.74, 6) is 0. The fourth-order valence-corrected chi connectivity index (χ4v) is 3.90. The third kappa shape index (κ3) is 4.75. The summed E-state index contributed by atoms with van der Waals surface area (Å²) >= 11 is 5.37. The van der Waals surface area contributed by atoms with Crippen LogP contribution in [0.5, 0.6) is 0 Å². The SMILES string of the molecule is CCNC(Cc1cccc(C)c1)Cc1ccc(Br)s1. The largest absolute Gasteiger partial charge is 0.314 e. The Morgan fingerprint density at radius 3 is 2.68 bits per heavy atom. The van der Waals surface area contributed by atoms with Crippen LogP contribution in [-0.4, -0.2) is 12.6 Å². The van der Waals surface area contributed by atoms with Gasteiger partial charge in [-0.15, -0.1) is 11.3 Å². The molecule has 19 heavy (non-hydrogen) atoms. The van der Waals surface area contributed by atoms with E-state index in [2.05, 4.69) is 71.5 Å². The van der Waals surface area contributed by atoms with Gasteiger partial charge in [-0.25, -0.2) is 0 Å². The Morgan fingerprint density at radius 2 is 2.05 bits per heavy atom. The summed E-state index contributed by atoms with van der Waals surface area (Å²) in [7, 11) is 0. The lowest BCUT2D eigenvalue weighted by atomic mass is 10.0. The minimum absolute atomic E-state index is 0.511. The van der Waals surface area contributed by atoms with Crippen LogP contribution in [0.2, 0.25) is 0 Å². The zero-order valence-corrected chi connectivity index (χ0v) is 13.9. The number of halogens is 1. The summed E-state index contributed by atoms with van der Waals surface area (Å²) in [6, 6.07) is 13.7. The molecule has 1 heterocycles. The van der Waals surface area contributed by atoms with Crippen molar-refractivity contribution in [3.05, 3.63) is 56.2 Å². The number of benzene rings is 1. The maximum atomic E-state index is 3.60. The first kappa shape index (κ1) is 14.8. The fraction of sp³-hybridized carbons (Fsp3) is 0.375. The lowest BCUT2D eigenvalue weighted by Crippen LogP contribution is -2.32. The maximum absolute atomic E-state index is 3.60. The third-order valence-corrected chi connectivity index (χ3v) is 4.78. The lowest BCUT2D eigenvalue weighted by molar-refractivity contribution is 0.524. The van der Waals surface area contributed by atoms with E-state index in [0.29, 0.717) is 6.04 Å². The molecule has 102 valence electrons. The van der Waals surface area contributed by atoms with Crippen molar-refractivity contribution >= 4 is 27.3 Å². The Morgan fingerprint density at radius 1 is 1.21 bits per heavy atom. The Balaban J connectivity index is 2.03. The van der Waals surface area contributed by atoms with Crippen molar-refractivity contribution < 1.29 is 0 Å². The quantitative estimate of drug-likeness (QED) is 0.813. The van der Waals surface area contributed by atoms with Crippen molar-refractivity contribution in [2.45, 2.75) is 32.7 Å². The van der Waals surface area contributed by atoms with Crippen LogP contribution in [0.4, 0.5) is 0 Å². The number of aryl methyl sites for hydroxylation is 1. The Hall–Kier alpha value is -0.640. The zero-order valence-electron chi connectivity index (χ0n) is 11.4. The first-order valence-corrected chi connectivity index (χ1v) is 8.31. The number of likely N-dealkylation sites (N-methyl/N-ethyl adjacent to an activating group) is 1. The smallest absolute Gasteiger partial charge is 0.0701 e. The molecule has 0 saturated carbocycles. The minimum atomic E-state index is 0.511. The average molecular weight is 338 g/mol. The van der Waals surface area contributed by atoms with Crippen molar-refractivity contribution in [1.29, 1.82) is 0 Å². The molecule has 0 aliphatic rings. The number of thiophene rings is 1. The van der Waals surface area contributed by atoms with Crippen LogP contribution in [0.15, 0.2) is 40.2 Å². The first-order chi connectivity index (χ1) is 9.17. The van der Waals surface area contributed by atoms with Gasteiger partial charge in [0.05, 0.1) is 3.79 Å². The van der Waals surface area contributed by atoms with E-state index in [1.54, 1.807) is 0 Å². The molecule has 0 aliphatic heterocycles. The number of rotatable bonds is 6. The van der Waals surface area contributed by atoms with Gasteiger partial charge < -0.3 is 5.32 Å². The second kappa shape index (κ2) is 7.22. The van der Waals surface area contributed by atoms with Gasteiger partial charge in [-0.05, 0) is 59.9 Å². The van der Waals surface area contributed by atoms with Gasteiger partial charge in [0.15, 0.2) is 0 Å². The van der Waals surface area contributed by atoms with Gasteiger partial charge in [0.25, 0.3) is 0 Å². The number of nitrogens with one attached hydrogen (secondary N) is 1. The van der Waals surface area contributed by atoms with Crippen LogP contribution in [0, 0.1) is 6.92 Å². The van der Waals surface area contributed by atoms with Crippen LogP contribution in [-0.2, 0) is 12.8 Å². The van der Waals surface area contributed by atoms with E-state index in [4.69, 9.17) is 0 Å². The van der Waals surface area contributed by atoms with Gasteiger partial charge in [0, 0.05) is 10.9 Å². The maximum Gasteiger partial charge on any atom is 0.0701 e. The van der Waals surface area contributed by atoms with E-state index in [9.17, 15) is 0 Å². The topological polar surface area (TPSA) is 12.0 Å². The summed E-state index contributed by atoms with van der Waals surface area (Å²) in [5.41, 5.74) is 2.76. The summed E-state index contributed by atoms with van der Waals surface area (Å²) < 4.78 is 1.22. The molecule has 0 saturated heterocycles. The minimum Gasteiger partial charge on any atom is -0.314 e. The van der Waals surface area contributed by atoms with Gasteiger partial charge in [-0.2, -0.15) is 0 Å². The van der Waals surface area contributed by atoms with E-state index < -0.39 is 0 Å². The average Bonchev–Trinajstić information content (AvgIpc) is 2.75. The molecule has 1 aromatic heterocycles. The highest BCUT2D eigenvalue weighted by atomic mass is 79.9. The van der Waals surface area contributed by atoms with Crippen LogP contribution in [0.1, 0.15) is 22.9 Å². The number of hydrogen-bond donors (Lipinski definition) is 1. The van der Waals surface area contributed by atoms with Crippen molar-refractivity contribution in [2.75, 3.05) is 6.54 Å². The molecule has 0 spiro atoms. The first-order valence-electron chi connectivity index (χ1n) is 6.70. The van der Waals surface area contributed by atoms with Crippen LogP contribution in [0.3, 0.4) is 0 Å². The molecule has 1 aromatic carbocycles. The molecule has 2 aromatic rings. The molecule has 1 nitrogen and oxygen atoms in total. The van der Waals surface area contributed by atoms with E-state index in [1.165, 1.54) is 19.8 Å². The second-order valence-electron chi connectivity index (χ2n) is 4.86. The summed E-state index contributed by atoms with van der Waals surface area (Å²) in [5, 5.41) is 3.60. The standard InChI is InChI=1S/C16H20BrNS/c1-3-18-14(11-15-7-8-16(17)19-15)10-13-6-4-5-12(2)9-13/h4-9,14,18H,3,10-11H2,1-2H3. The predicted octanol–water partition coefficient (Wildman–Crippen LogP) is 4.58. The normalized spacial score (nSPS) is 12.6. The van der Waals surface area contributed by atoms with Crippen LogP contribution >= 0.6 is 27.3 Å². The van der Waals surface area contributed by atoms with E-state index >= 15 is 0 Å². The summed E-state index contributed by atoms with van der Waals surface area (Å²) in [4.78, 5) is 1.44. The molecule has 1 N–H and O–H groups in total. The van der Waals surface area contributed by atoms with Gasteiger partial charge in [-0.3, -0.25) is 0 Å². The second-order valence-corrected chi connectivity index (χ2v) is 7.41. The summed E-state index contributed by atoms with van der Waals surface area (Å²) in [6.45, 7) is 5.35. The molecule has 3 heteroatoms. The predicted molar refractivity (Wildman–Crippen MR) is 88.1 cm³/mol. The van der Waals surface area contributed by atoms with E-state index in [-0.39, 0.29) is 0 Å². The van der Waals surface area contributed by atoms with Gasteiger partial charge >= 0.3 is 0 Å². The number of hydrogen-bond acceptors (Lipinski definition) is 2. The van der Waals surface area contributed by atoms with Crippen molar-refractivity contribution in [1.82, 2.24) is 5.32 Å². The van der Waals surface area contributed by atoms with E-state index in [1.807, 2.05) is 11.3 Å². The molecule has 1 atom stereocenters. The molecule has 0 radical (unpaired) electrons. The Bertz CT molecular complexity index is 521. The molecule has 1 unspecified atom stereocenters. The lowest BCUT2D eigenvalue weighted by Gasteiger charge is -2.17. The van der Waals surface area contributed by atoms with Crippen LogP contribution < -0.4 is 5.32 Å². The Labute approximate surface area is 128 Å². The third-order valence-electron chi connectivity index (χ3n) is 3.13. The molecular formula is C16H20BrNS. The van der Waals surface area contributed by atoms with Crippen molar-refractivity contribution in [3.8, 4) is 0 Å². The van der Waals surface area contributed by atoms with Gasteiger partial charge in [0.1, 0.15) is 0 Å². The van der Waals surface area contributed by atoms with Gasteiger partial charge in [-0.1, -0.05) is 36.8 Å². The van der Waals surface area contributed by atoms with Gasteiger partial charge in [0.2, 0.25) is 0 Å². The Kier molecular flexibility index (Phi) is 5.61. The highest BCUT2D eigenvalue weighted by molar-refractivity contribution is 9.11. The zero-order chi connectivity index (χ0) is 13.7. The summed E-state index contributed by atoms with van der Waals surface area (Å²) in [6.07, 6.45) is 2.18. The molecule has 0 bridgehead atoms. The molecule has 0 amide bonds. The van der Waals surface area contributed by atoms with E-state index in [0.717, 1.165) is 19.4 Å². The molecular weight excluding hydrogens is 318 g/mol. The van der Waals surface area contributed by atoms with Crippen molar-refractivity contribution in [2.24, 2.45) is 0 Å². The van der Waals surface area contributed by atoms with Crippen molar-refractivity contribution in [3.63, 3.8) is 0 Å². The highest BCUT2D eigenvalue weighted by Gasteiger charge is 2.11.